The molecule has 25 heavy (non-hydrogen) atoms. The van der Waals surface area contributed by atoms with Gasteiger partial charge >= 0.3 is 5.97 Å². The van der Waals surface area contributed by atoms with Crippen LogP contribution in [0.3, 0.4) is 0 Å². The Morgan fingerprint density at radius 3 is 2.56 bits per heavy atom. The van der Waals surface area contributed by atoms with Crippen LogP contribution in [0.1, 0.15) is 54.4 Å². The fourth-order valence-electron chi connectivity index (χ4n) is 3.97. The molecule has 2 amide bonds. The van der Waals surface area contributed by atoms with Crippen molar-refractivity contribution in [2.24, 2.45) is 0 Å². The van der Waals surface area contributed by atoms with Crippen LogP contribution in [0.25, 0.3) is 0 Å². The van der Waals surface area contributed by atoms with Crippen molar-refractivity contribution in [3.8, 4) is 0 Å². The van der Waals surface area contributed by atoms with Crippen molar-refractivity contribution in [1.82, 2.24) is 10.2 Å². The summed E-state index contributed by atoms with van der Waals surface area (Å²) in [5, 5.41) is 12.3. The molecule has 1 aromatic rings. The van der Waals surface area contributed by atoms with E-state index in [1.165, 1.54) is 4.90 Å². The van der Waals surface area contributed by atoms with Gasteiger partial charge in [-0.15, -0.1) is 0 Å². The first-order valence-corrected chi connectivity index (χ1v) is 8.90. The topological polar surface area (TPSA) is 86.7 Å². The van der Waals surface area contributed by atoms with Gasteiger partial charge in [-0.25, -0.2) is 4.79 Å². The number of aryl methyl sites for hydroxylation is 1. The second kappa shape index (κ2) is 7.25. The molecule has 2 aliphatic rings. The van der Waals surface area contributed by atoms with Gasteiger partial charge in [-0.2, -0.15) is 0 Å². The summed E-state index contributed by atoms with van der Waals surface area (Å²) < 4.78 is 0. The number of carboxylic acids is 1. The predicted molar refractivity (Wildman–Crippen MR) is 92.2 cm³/mol. The molecule has 0 aromatic heterocycles. The molecule has 2 aliphatic heterocycles. The van der Waals surface area contributed by atoms with Crippen molar-refractivity contribution in [3.63, 3.8) is 0 Å². The Morgan fingerprint density at radius 2 is 1.84 bits per heavy atom. The van der Waals surface area contributed by atoms with Gasteiger partial charge in [0.1, 0.15) is 12.1 Å². The second-order valence-electron chi connectivity index (χ2n) is 6.96. The molecule has 2 saturated heterocycles. The van der Waals surface area contributed by atoms with E-state index < -0.39 is 18.1 Å². The standard InChI is InChI=1S/C19H24N2O4/c1-12-6-2-4-8-14(12)17(22)20-15-9-5-3-7-13-10-11-16(19(24)25)21(13)18(15)23/h2,4,6,8,13,15-16H,3,5,7,9-11H2,1H3,(H,20,22)(H,24,25)/t13-,15-,16-/m0/s1. The molecule has 2 N–H and O–H groups in total. The summed E-state index contributed by atoms with van der Waals surface area (Å²) in [6.45, 7) is 1.85. The van der Waals surface area contributed by atoms with Crippen LogP contribution in [0.15, 0.2) is 24.3 Å². The third-order valence-corrected chi connectivity index (χ3v) is 5.32. The molecule has 3 atom stereocenters. The number of benzene rings is 1. The molecular formula is C19H24N2O4. The molecule has 0 aliphatic carbocycles. The van der Waals surface area contributed by atoms with Crippen molar-refractivity contribution in [1.29, 1.82) is 0 Å². The van der Waals surface area contributed by atoms with E-state index in [1.54, 1.807) is 12.1 Å². The molecule has 134 valence electrons. The first-order chi connectivity index (χ1) is 12.0. The van der Waals surface area contributed by atoms with Crippen molar-refractivity contribution >= 4 is 17.8 Å². The number of carbonyl (C=O) groups is 3. The summed E-state index contributed by atoms with van der Waals surface area (Å²) in [6.07, 6.45) is 4.40. The Hall–Kier alpha value is -2.37. The lowest BCUT2D eigenvalue weighted by Gasteiger charge is -2.34. The summed E-state index contributed by atoms with van der Waals surface area (Å²) in [6, 6.07) is 5.79. The molecule has 0 unspecified atom stereocenters. The number of carboxylic acid groups (broad SMARTS) is 1. The highest BCUT2D eigenvalue weighted by molar-refractivity contribution is 5.99. The predicted octanol–water partition coefficient (Wildman–Crippen LogP) is 2.11. The summed E-state index contributed by atoms with van der Waals surface area (Å²) in [5.74, 6) is -1.49. The van der Waals surface area contributed by atoms with E-state index in [0.29, 0.717) is 18.4 Å². The van der Waals surface area contributed by atoms with Crippen molar-refractivity contribution in [3.05, 3.63) is 35.4 Å². The van der Waals surface area contributed by atoms with E-state index in [9.17, 15) is 19.5 Å². The van der Waals surface area contributed by atoms with Crippen molar-refractivity contribution in [2.45, 2.75) is 63.6 Å². The highest BCUT2D eigenvalue weighted by atomic mass is 16.4. The molecular weight excluding hydrogens is 320 g/mol. The zero-order valence-corrected chi connectivity index (χ0v) is 14.4. The summed E-state index contributed by atoms with van der Waals surface area (Å²) in [4.78, 5) is 38.6. The highest BCUT2D eigenvalue weighted by Crippen LogP contribution is 2.31. The molecule has 0 spiro atoms. The summed E-state index contributed by atoms with van der Waals surface area (Å²) in [5.41, 5.74) is 1.39. The number of rotatable bonds is 3. The molecule has 6 nitrogen and oxygen atoms in total. The van der Waals surface area contributed by atoms with Crippen LogP contribution in [-0.2, 0) is 9.59 Å². The monoisotopic (exact) mass is 344 g/mol. The number of nitrogens with one attached hydrogen (secondary N) is 1. The molecule has 6 heteroatoms. The maximum absolute atomic E-state index is 13.0. The Balaban J connectivity index is 1.80. The number of amides is 2. The van der Waals surface area contributed by atoms with Gasteiger partial charge in [0.25, 0.3) is 5.91 Å². The molecule has 3 rings (SSSR count). The van der Waals surface area contributed by atoms with E-state index in [4.69, 9.17) is 0 Å². The van der Waals surface area contributed by atoms with Gasteiger partial charge < -0.3 is 15.3 Å². The van der Waals surface area contributed by atoms with Gasteiger partial charge in [0, 0.05) is 11.6 Å². The zero-order chi connectivity index (χ0) is 18.0. The lowest BCUT2D eigenvalue weighted by molar-refractivity contribution is -0.151. The van der Waals surface area contributed by atoms with Gasteiger partial charge in [-0.05, 0) is 44.2 Å². The number of carbonyl (C=O) groups excluding carboxylic acids is 2. The van der Waals surface area contributed by atoms with Gasteiger partial charge in [-0.1, -0.05) is 31.0 Å². The van der Waals surface area contributed by atoms with Crippen LogP contribution in [-0.4, -0.2) is 45.9 Å². The van der Waals surface area contributed by atoms with Crippen LogP contribution < -0.4 is 5.32 Å². The number of hydrogen-bond donors (Lipinski definition) is 2. The number of fused-ring (bicyclic) bond motifs is 1. The number of aliphatic carboxylic acids is 1. The second-order valence-corrected chi connectivity index (χ2v) is 6.96. The quantitative estimate of drug-likeness (QED) is 0.879. The molecule has 2 heterocycles. The van der Waals surface area contributed by atoms with Crippen LogP contribution >= 0.6 is 0 Å². The number of hydrogen-bond acceptors (Lipinski definition) is 3. The largest absolute Gasteiger partial charge is 0.480 e. The lowest BCUT2D eigenvalue weighted by atomic mass is 9.98. The smallest absolute Gasteiger partial charge is 0.326 e. The zero-order valence-electron chi connectivity index (χ0n) is 14.4. The van der Waals surface area contributed by atoms with Crippen molar-refractivity contribution in [2.75, 3.05) is 0 Å². The SMILES string of the molecule is Cc1ccccc1C(=O)N[C@H]1CCCC[C@H]2CC[C@@H](C(=O)O)N2C1=O. The maximum Gasteiger partial charge on any atom is 0.326 e. The number of nitrogens with zero attached hydrogens (tertiary/aromatic N) is 1. The minimum atomic E-state index is -0.958. The van der Waals surface area contributed by atoms with E-state index in [-0.39, 0.29) is 17.9 Å². The van der Waals surface area contributed by atoms with Crippen LogP contribution in [0.4, 0.5) is 0 Å². The van der Waals surface area contributed by atoms with Crippen molar-refractivity contribution < 1.29 is 19.5 Å². The first-order valence-electron chi connectivity index (χ1n) is 8.90. The maximum atomic E-state index is 13.0. The summed E-state index contributed by atoms with van der Waals surface area (Å²) >= 11 is 0. The minimum Gasteiger partial charge on any atom is -0.480 e. The highest BCUT2D eigenvalue weighted by Gasteiger charge is 2.43. The van der Waals surface area contributed by atoms with Gasteiger partial charge in [0.2, 0.25) is 5.91 Å². The van der Waals surface area contributed by atoms with Gasteiger partial charge in [-0.3, -0.25) is 9.59 Å². The first kappa shape index (κ1) is 17.5. The Labute approximate surface area is 147 Å². The minimum absolute atomic E-state index is 0.0215. The summed E-state index contributed by atoms with van der Waals surface area (Å²) in [7, 11) is 0. The molecule has 0 saturated carbocycles. The Morgan fingerprint density at radius 1 is 1.12 bits per heavy atom. The molecule has 0 bridgehead atoms. The third kappa shape index (κ3) is 3.52. The van der Waals surface area contributed by atoms with Crippen LogP contribution in [0.5, 0.6) is 0 Å². The fourth-order valence-corrected chi connectivity index (χ4v) is 3.97. The fraction of sp³-hybridized carbons (Fsp3) is 0.526. The molecule has 2 fully saturated rings. The lowest BCUT2D eigenvalue weighted by Crippen LogP contribution is -2.54. The normalized spacial score (nSPS) is 26.5. The Bertz CT molecular complexity index is 688. The van der Waals surface area contributed by atoms with E-state index in [1.807, 2.05) is 19.1 Å². The average molecular weight is 344 g/mol. The Kier molecular flexibility index (Phi) is 5.06. The average Bonchev–Trinajstić information content (AvgIpc) is 2.99. The van der Waals surface area contributed by atoms with E-state index in [0.717, 1.165) is 31.2 Å². The molecule has 0 radical (unpaired) electrons. The van der Waals surface area contributed by atoms with E-state index in [2.05, 4.69) is 5.32 Å². The van der Waals surface area contributed by atoms with Crippen LogP contribution in [0.2, 0.25) is 0 Å². The van der Waals surface area contributed by atoms with Gasteiger partial charge in [0.05, 0.1) is 0 Å². The van der Waals surface area contributed by atoms with E-state index >= 15 is 0 Å². The van der Waals surface area contributed by atoms with Gasteiger partial charge in [0.15, 0.2) is 0 Å². The molecule has 1 aromatic carbocycles. The third-order valence-electron chi connectivity index (χ3n) is 5.32. The van der Waals surface area contributed by atoms with Crippen LogP contribution in [0, 0.1) is 6.92 Å².